The number of nitrogens with one attached hydrogen (secondary N) is 1. The number of rotatable bonds is 4. The van der Waals surface area contributed by atoms with Crippen molar-refractivity contribution in [3.05, 3.63) is 53.0 Å². The zero-order valence-corrected chi connectivity index (χ0v) is 14.5. The number of non-ortho nitro benzene ring substituents is 1. The molecule has 4 rings (SSSR count). The third-order valence-electron chi connectivity index (χ3n) is 4.78. The highest BCUT2D eigenvalue weighted by atomic mass is 16.6. The van der Waals surface area contributed by atoms with Gasteiger partial charge in [-0.15, -0.1) is 0 Å². The van der Waals surface area contributed by atoms with Crippen LogP contribution in [0.1, 0.15) is 12.8 Å². The van der Waals surface area contributed by atoms with E-state index in [1.54, 1.807) is 35.1 Å². The second-order valence-electron chi connectivity index (χ2n) is 6.59. The van der Waals surface area contributed by atoms with Gasteiger partial charge in [0.2, 0.25) is 0 Å². The molecule has 0 amide bonds. The van der Waals surface area contributed by atoms with Crippen molar-refractivity contribution in [1.29, 1.82) is 0 Å². The molecular weight excluding hydrogens is 332 g/mol. The van der Waals surface area contributed by atoms with E-state index >= 15 is 0 Å². The van der Waals surface area contributed by atoms with Gasteiger partial charge in [0, 0.05) is 44.6 Å². The number of nitrogens with zero attached hydrogens (tertiary/aromatic N) is 5. The lowest BCUT2D eigenvalue weighted by Gasteiger charge is -2.34. The predicted molar refractivity (Wildman–Crippen MR) is 100 cm³/mol. The molecule has 1 N–H and O–H groups in total. The normalized spacial score (nSPS) is 17.4. The number of fused-ring (bicyclic) bond motifs is 1. The standard InChI is InChI=1S/C18H20N6O2/c1-22-12-14(10-20-22)23-9-3-4-13(11-23)21-16-6-7-17(24(25)26)15-5-2-8-19-18(15)16/h2,5-8,10,12-13,21H,3-4,9,11H2,1H3. The Balaban J connectivity index is 1.59. The lowest BCUT2D eigenvalue weighted by molar-refractivity contribution is -0.383. The van der Waals surface area contributed by atoms with Crippen molar-refractivity contribution >= 4 is 28.0 Å². The molecule has 2 aromatic heterocycles. The Labute approximate surface area is 150 Å². The van der Waals surface area contributed by atoms with Crippen LogP contribution >= 0.6 is 0 Å². The first-order valence-corrected chi connectivity index (χ1v) is 8.64. The van der Waals surface area contributed by atoms with Crippen LogP contribution in [0.15, 0.2) is 42.9 Å². The minimum absolute atomic E-state index is 0.0827. The molecule has 8 heteroatoms. The smallest absolute Gasteiger partial charge is 0.278 e. The molecule has 134 valence electrons. The Kier molecular flexibility index (Phi) is 4.16. The first-order chi connectivity index (χ1) is 12.6. The van der Waals surface area contributed by atoms with Crippen LogP contribution in [0.25, 0.3) is 10.9 Å². The topological polar surface area (TPSA) is 89.1 Å². The van der Waals surface area contributed by atoms with Crippen LogP contribution in [0.4, 0.5) is 17.1 Å². The molecule has 1 unspecified atom stereocenters. The molecule has 3 aromatic rings. The van der Waals surface area contributed by atoms with Crippen LogP contribution < -0.4 is 10.2 Å². The summed E-state index contributed by atoms with van der Waals surface area (Å²) in [5, 5.41) is 19.6. The molecule has 0 saturated carbocycles. The van der Waals surface area contributed by atoms with Crippen molar-refractivity contribution in [1.82, 2.24) is 14.8 Å². The summed E-state index contributed by atoms with van der Waals surface area (Å²) in [6.45, 7) is 1.86. The number of piperidine rings is 1. The molecule has 1 atom stereocenters. The van der Waals surface area contributed by atoms with E-state index in [9.17, 15) is 10.1 Å². The van der Waals surface area contributed by atoms with E-state index in [0.29, 0.717) is 10.9 Å². The van der Waals surface area contributed by atoms with E-state index in [1.807, 2.05) is 19.4 Å². The van der Waals surface area contributed by atoms with Crippen molar-refractivity contribution in [3.63, 3.8) is 0 Å². The van der Waals surface area contributed by atoms with Gasteiger partial charge in [0.15, 0.2) is 0 Å². The first-order valence-electron chi connectivity index (χ1n) is 8.64. The van der Waals surface area contributed by atoms with Crippen LogP contribution in [0, 0.1) is 10.1 Å². The van der Waals surface area contributed by atoms with Gasteiger partial charge < -0.3 is 10.2 Å². The summed E-state index contributed by atoms with van der Waals surface area (Å²) in [6, 6.07) is 7.03. The summed E-state index contributed by atoms with van der Waals surface area (Å²) in [5.74, 6) is 0. The summed E-state index contributed by atoms with van der Waals surface area (Å²) in [7, 11) is 1.91. The maximum atomic E-state index is 11.3. The largest absolute Gasteiger partial charge is 0.379 e. The Morgan fingerprint density at radius 2 is 2.23 bits per heavy atom. The van der Waals surface area contributed by atoms with Gasteiger partial charge in [-0.1, -0.05) is 0 Å². The van der Waals surface area contributed by atoms with Gasteiger partial charge in [0.1, 0.15) is 5.52 Å². The maximum absolute atomic E-state index is 11.3. The average molecular weight is 352 g/mol. The fraction of sp³-hybridized carbons (Fsp3) is 0.333. The summed E-state index contributed by atoms with van der Waals surface area (Å²) in [6.07, 6.45) is 7.68. The van der Waals surface area contributed by atoms with Gasteiger partial charge in [-0.3, -0.25) is 19.8 Å². The van der Waals surface area contributed by atoms with E-state index in [-0.39, 0.29) is 16.7 Å². The first kappa shape index (κ1) is 16.3. The zero-order chi connectivity index (χ0) is 18.1. The Hall–Kier alpha value is -3.16. The van der Waals surface area contributed by atoms with Crippen LogP contribution in [-0.2, 0) is 7.05 Å². The molecule has 1 aromatic carbocycles. The molecule has 1 saturated heterocycles. The van der Waals surface area contributed by atoms with Gasteiger partial charge in [-0.25, -0.2) is 0 Å². The van der Waals surface area contributed by atoms with Crippen molar-refractivity contribution < 1.29 is 4.92 Å². The highest BCUT2D eigenvalue weighted by Gasteiger charge is 2.22. The lowest BCUT2D eigenvalue weighted by Crippen LogP contribution is -2.42. The number of anilines is 2. The summed E-state index contributed by atoms with van der Waals surface area (Å²) >= 11 is 0. The van der Waals surface area contributed by atoms with Gasteiger partial charge in [0.05, 0.1) is 27.9 Å². The van der Waals surface area contributed by atoms with Gasteiger partial charge in [-0.2, -0.15) is 5.10 Å². The van der Waals surface area contributed by atoms with E-state index in [2.05, 4.69) is 20.3 Å². The highest BCUT2D eigenvalue weighted by Crippen LogP contribution is 2.31. The predicted octanol–water partition coefficient (Wildman–Crippen LogP) is 2.96. The number of nitro groups is 1. The Morgan fingerprint density at radius 3 is 3.00 bits per heavy atom. The molecule has 1 fully saturated rings. The zero-order valence-electron chi connectivity index (χ0n) is 14.5. The Bertz CT molecular complexity index is 954. The summed E-state index contributed by atoms with van der Waals surface area (Å²) in [5.41, 5.74) is 2.68. The second-order valence-corrected chi connectivity index (χ2v) is 6.59. The quantitative estimate of drug-likeness (QED) is 0.574. The molecule has 0 bridgehead atoms. The Morgan fingerprint density at radius 1 is 1.35 bits per heavy atom. The van der Waals surface area contributed by atoms with Crippen LogP contribution in [0.2, 0.25) is 0 Å². The fourth-order valence-corrected chi connectivity index (χ4v) is 3.55. The van der Waals surface area contributed by atoms with Crippen molar-refractivity contribution in [3.8, 4) is 0 Å². The summed E-state index contributed by atoms with van der Waals surface area (Å²) < 4.78 is 1.81. The van der Waals surface area contributed by atoms with Crippen LogP contribution in [0.5, 0.6) is 0 Å². The molecule has 26 heavy (non-hydrogen) atoms. The van der Waals surface area contributed by atoms with Crippen molar-refractivity contribution in [2.45, 2.75) is 18.9 Å². The summed E-state index contributed by atoms with van der Waals surface area (Å²) in [4.78, 5) is 17.6. The molecule has 8 nitrogen and oxygen atoms in total. The average Bonchev–Trinajstić information content (AvgIpc) is 3.08. The fourth-order valence-electron chi connectivity index (χ4n) is 3.55. The van der Waals surface area contributed by atoms with Crippen LogP contribution in [-0.4, -0.2) is 38.8 Å². The SMILES string of the molecule is Cn1cc(N2CCCC(Nc3ccc([N+](=O)[O-])c4cccnc34)C2)cn1. The second kappa shape index (κ2) is 6.62. The molecule has 1 aliphatic heterocycles. The van der Waals surface area contributed by atoms with E-state index in [4.69, 9.17) is 0 Å². The van der Waals surface area contributed by atoms with Crippen molar-refractivity contribution in [2.75, 3.05) is 23.3 Å². The van der Waals surface area contributed by atoms with Crippen molar-refractivity contribution in [2.24, 2.45) is 7.05 Å². The number of nitro benzene ring substituents is 1. The van der Waals surface area contributed by atoms with Crippen LogP contribution in [0.3, 0.4) is 0 Å². The minimum atomic E-state index is -0.363. The maximum Gasteiger partial charge on any atom is 0.278 e. The van der Waals surface area contributed by atoms with E-state index < -0.39 is 0 Å². The number of aryl methyl sites for hydroxylation is 1. The molecule has 3 heterocycles. The van der Waals surface area contributed by atoms with Gasteiger partial charge in [-0.05, 0) is 31.0 Å². The van der Waals surface area contributed by atoms with Gasteiger partial charge >= 0.3 is 0 Å². The number of pyridine rings is 1. The lowest BCUT2D eigenvalue weighted by atomic mass is 10.0. The third kappa shape index (κ3) is 3.05. The number of hydrogen-bond donors (Lipinski definition) is 1. The van der Waals surface area contributed by atoms with Gasteiger partial charge in [0.25, 0.3) is 5.69 Å². The highest BCUT2D eigenvalue weighted by molar-refractivity contribution is 5.96. The van der Waals surface area contributed by atoms with E-state index in [1.165, 1.54) is 0 Å². The molecule has 0 radical (unpaired) electrons. The van der Waals surface area contributed by atoms with E-state index in [0.717, 1.165) is 37.3 Å². The minimum Gasteiger partial charge on any atom is -0.379 e. The number of aromatic nitrogens is 3. The third-order valence-corrected chi connectivity index (χ3v) is 4.78. The molecule has 0 spiro atoms. The number of benzene rings is 1. The molecule has 0 aliphatic carbocycles. The molecule has 1 aliphatic rings. The molecular formula is C18H20N6O2. The monoisotopic (exact) mass is 352 g/mol. The number of hydrogen-bond acceptors (Lipinski definition) is 6.